The fraction of sp³-hybridized carbons (Fsp3) is 0.286. The Kier molecular flexibility index (Phi) is 4.68. The maximum atomic E-state index is 11.9. The largest absolute Gasteiger partial charge is 0.350 e. The molecule has 20 heavy (non-hydrogen) atoms. The third-order valence-corrected chi connectivity index (χ3v) is 4.38. The molecule has 0 spiro atoms. The van der Waals surface area contributed by atoms with Crippen molar-refractivity contribution in [1.82, 2.24) is 10.3 Å². The standard InChI is InChI=1S/C14H14Cl2N2OS/c1-14(2,9-3-4-10(15)11(16)5-9)7-17-13(19)12-6-20-8-18-12/h3-6,8H,7H2,1-2H3,(H,17,19). The molecule has 6 heteroatoms. The first-order valence-electron chi connectivity index (χ1n) is 6.02. The van der Waals surface area contributed by atoms with Crippen LogP contribution in [0.4, 0.5) is 0 Å². The lowest BCUT2D eigenvalue weighted by molar-refractivity contribution is 0.0941. The number of carbonyl (C=O) groups excluding carboxylic acids is 1. The van der Waals surface area contributed by atoms with E-state index in [1.54, 1.807) is 17.0 Å². The van der Waals surface area contributed by atoms with Crippen molar-refractivity contribution in [3.63, 3.8) is 0 Å². The van der Waals surface area contributed by atoms with Gasteiger partial charge in [0, 0.05) is 17.3 Å². The summed E-state index contributed by atoms with van der Waals surface area (Å²) in [4.78, 5) is 15.9. The van der Waals surface area contributed by atoms with Gasteiger partial charge in [-0.15, -0.1) is 11.3 Å². The molecule has 3 nitrogen and oxygen atoms in total. The first-order chi connectivity index (χ1) is 9.40. The number of benzene rings is 1. The van der Waals surface area contributed by atoms with Gasteiger partial charge in [0.1, 0.15) is 5.69 Å². The highest BCUT2D eigenvalue weighted by Gasteiger charge is 2.22. The number of nitrogens with one attached hydrogen (secondary N) is 1. The lowest BCUT2D eigenvalue weighted by Gasteiger charge is -2.26. The molecular weight excluding hydrogens is 315 g/mol. The molecule has 0 saturated heterocycles. The summed E-state index contributed by atoms with van der Waals surface area (Å²) in [6.07, 6.45) is 0. The molecule has 1 amide bonds. The van der Waals surface area contributed by atoms with Gasteiger partial charge in [0.2, 0.25) is 0 Å². The Bertz CT molecular complexity index is 612. The number of hydrogen-bond acceptors (Lipinski definition) is 3. The van der Waals surface area contributed by atoms with E-state index in [1.165, 1.54) is 11.3 Å². The maximum absolute atomic E-state index is 11.9. The molecule has 0 bridgehead atoms. The van der Waals surface area contributed by atoms with Gasteiger partial charge in [0.15, 0.2) is 0 Å². The lowest BCUT2D eigenvalue weighted by atomic mass is 9.84. The highest BCUT2D eigenvalue weighted by atomic mass is 35.5. The fourth-order valence-electron chi connectivity index (χ4n) is 1.74. The minimum absolute atomic E-state index is 0.167. The molecule has 106 valence electrons. The van der Waals surface area contributed by atoms with E-state index in [2.05, 4.69) is 10.3 Å². The summed E-state index contributed by atoms with van der Waals surface area (Å²) in [5.41, 5.74) is 2.85. The van der Waals surface area contributed by atoms with Crippen LogP contribution in [0.3, 0.4) is 0 Å². The molecule has 0 fully saturated rings. The minimum atomic E-state index is -0.250. The Hall–Kier alpha value is -1.10. The second kappa shape index (κ2) is 6.12. The summed E-state index contributed by atoms with van der Waals surface area (Å²) in [5.74, 6) is -0.167. The van der Waals surface area contributed by atoms with Crippen molar-refractivity contribution < 1.29 is 4.79 Å². The molecule has 1 N–H and O–H groups in total. The van der Waals surface area contributed by atoms with Crippen LogP contribution in [0.25, 0.3) is 0 Å². The molecule has 0 radical (unpaired) electrons. The summed E-state index contributed by atoms with van der Waals surface area (Å²) >= 11 is 13.4. The van der Waals surface area contributed by atoms with Crippen molar-refractivity contribution in [2.75, 3.05) is 6.54 Å². The zero-order valence-electron chi connectivity index (χ0n) is 11.1. The van der Waals surface area contributed by atoms with Crippen molar-refractivity contribution in [3.05, 3.63) is 50.4 Å². The zero-order chi connectivity index (χ0) is 14.8. The summed E-state index contributed by atoms with van der Waals surface area (Å²) in [7, 11) is 0. The van der Waals surface area contributed by atoms with E-state index >= 15 is 0 Å². The molecule has 1 aromatic heterocycles. The molecule has 0 aliphatic carbocycles. The molecule has 1 aromatic carbocycles. The van der Waals surface area contributed by atoms with Crippen molar-refractivity contribution in [3.8, 4) is 0 Å². The molecule has 0 unspecified atom stereocenters. The number of amides is 1. The number of hydrogen-bond donors (Lipinski definition) is 1. The number of thiazole rings is 1. The molecule has 2 aromatic rings. The van der Waals surface area contributed by atoms with E-state index in [0.717, 1.165) is 5.56 Å². The normalized spacial score (nSPS) is 11.4. The van der Waals surface area contributed by atoms with Gasteiger partial charge in [-0.2, -0.15) is 0 Å². The van der Waals surface area contributed by atoms with E-state index < -0.39 is 0 Å². The quantitative estimate of drug-likeness (QED) is 0.915. The number of carbonyl (C=O) groups is 1. The average molecular weight is 329 g/mol. The van der Waals surface area contributed by atoms with E-state index in [4.69, 9.17) is 23.2 Å². The van der Waals surface area contributed by atoms with Crippen LogP contribution in [0.15, 0.2) is 29.1 Å². The first-order valence-corrected chi connectivity index (χ1v) is 7.72. The van der Waals surface area contributed by atoms with E-state index in [1.807, 2.05) is 26.0 Å². The molecule has 0 saturated carbocycles. The molecule has 0 atom stereocenters. The summed E-state index contributed by atoms with van der Waals surface area (Å²) in [6, 6.07) is 5.52. The summed E-state index contributed by atoms with van der Waals surface area (Å²) in [6.45, 7) is 4.56. The van der Waals surface area contributed by atoms with Crippen LogP contribution in [0.2, 0.25) is 10.0 Å². The lowest BCUT2D eigenvalue weighted by Crippen LogP contribution is -2.36. The van der Waals surface area contributed by atoms with Gasteiger partial charge in [-0.1, -0.05) is 43.1 Å². The van der Waals surface area contributed by atoms with Crippen molar-refractivity contribution in [1.29, 1.82) is 0 Å². The Balaban J connectivity index is 2.07. The molecule has 0 aliphatic heterocycles. The van der Waals surface area contributed by atoms with E-state index in [-0.39, 0.29) is 11.3 Å². The summed E-state index contributed by atoms with van der Waals surface area (Å²) < 4.78 is 0. The predicted octanol–water partition coefficient (Wildman–Crippen LogP) is 4.16. The van der Waals surface area contributed by atoms with Gasteiger partial charge in [-0.3, -0.25) is 4.79 Å². The number of halogens is 2. The van der Waals surface area contributed by atoms with Gasteiger partial charge in [-0.25, -0.2) is 4.98 Å². The third kappa shape index (κ3) is 3.51. The fourth-order valence-corrected chi connectivity index (χ4v) is 2.57. The highest BCUT2D eigenvalue weighted by Crippen LogP contribution is 2.29. The molecule has 0 aliphatic rings. The zero-order valence-corrected chi connectivity index (χ0v) is 13.4. The Morgan fingerprint density at radius 1 is 1.35 bits per heavy atom. The maximum Gasteiger partial charge on any atom is 0.270 e. The van der Waals surface area contributed by atoms with Gasteiger partial charge in [0.25, 0.3) is 5.91 Å². The van der Waals surface area contributed by atoms with Crippen LogP contribution in [0.5, 0.6) is 0 Å². The number of aromatic nitrogens is 1. The third-order valence-electron chi connectivity index (χ3n) is 3.06. The van der Waals surface area contributed by atoms with Gasteiger partial charge in [0.05, 0.1) is 15.6 Å². The second-order valence-corrected chi connectivity index (χ2v) is 6.60. The van der Waals surface area contributed by atoms with Gasteiger partial charge in [-0.05, 0) is 17.7 Å². The molecular formula is C14H14Cl2N2OS. The first kappa shape index (κ1) is 15.3. The van der Waals surface area contributed by atoms with Crippen molar-refractivity contribution in [2.24, 2.45) is 0 Å². The van der Waals surface area contributed by atoms with Crippen LogP contribution in [-0.2, 0) is 5.41 Å². The van der Waals surface area contributed by atoms with Crippen LogP contribution in [0.1, 0.15) is 29.9 Å². The van der Waals surface area contributed by atoms with E-state index in [9.17, 15) is 4.79 Å². The van der Waals surface area contributed by atoms with Gasteiger partial charge >= 0.3 is 0 Å². The SMILES string of the molecule is CC(C)(CNC(=O)c1cscn1)c1ccc(Cl)c(Cl)c1. The minimum Gasteiger partial charge on any atom is -0.350 e. The topological polar surface area (TPSA) is 42.0 Å². The van der Waals surface area contributed by atoms with Crippen LogP contribution < -0.4 is 5.32 Å². The molecule has 1 heterocycles. The Morgan fingerprint density at radius 2 is 2.10 bits per heavy atom. The van der Waals surface area contributed by atoms with Crippen LogP contribution >= 0.6 is 34.5 Å². The second-order valence-electron chi connectivity index (χ2n) is 5.07. The molecule has 2 rings (SSSR count). The monoisotopic (exact) mass is 328 g/mol. The van der Waals surface area contributed by atoms with Crippen LogP contribution in [0, 0.1) is 0 Å². The van der Waals surface area contributed by atoms with Gasteiger partial charge < -0.3 is 5.32 Å². The van der Waals surface area contributed by atoms with Crippen molar-refractivity contribution in [2.45, 2.75) is 19.3 Å². The highest BCUT2D eigenvalue weighted by molar-refractivity contribution is 7.07. The number of rotatable bonds is 4. The Labute approximate surface area is 131 Å². The van der Waals surface area contributed by atoms with Crippen molar-refractivity contribution >= 4 is 40.4 Å². The summed E-state index contributed by atoms with van der Waals surface area (Å²) in [5, 5.41) is 5.65. The average Bonchev–Trinajstić information content (AvgIpc) is 2.93. The van der Waals surface area contributed by atoms with Crippen LogP contribution in [-0.4, -0.2) is 17.4 Å². The predicted molar refractivity (Wildman–Crippen MR) is 83.9 cm³/mol. The smallest absolute Gasteiger partial charge is 0.270 e. The number of nitrogens with zero attached hydrogens (tertiary/aromatic N) is 1. The Morgan fingerprint density at radius 3 is 2.70 bits per heavy atom. The van der Waals surface area contributed by atoms with E-state index in [0.29, 0.717) is 22.3 Å².